The molecule has 2 aliphatic heterocycles. The molecule has 0 aromatic carbocycles. The van der Waals surface area contributed by atoms with E-state index in [-0.39, 0.29) is 0 Å². The number of nitrogens with zero attached hydrogens (tertiary/aromatic N) is 2. The Kier molecular flexibility index (Phi) is 3.22. The minimum absolute atomic E-state index is 0.587. The quantitative estimate of drug-likeness (QED) is 0.743. The molecule has 104 valence electrons. The van der Waals surface area contributed by atoms with E-state index < -0.39 is 0 Å². The van der Waals surface area contributed by atoms with Gasteiger partial charge in [-0.05, 0) is 37.1 Å². The van der Waals surface area contributed by atoms with E-state index in [1.165, 1.54) is 45.3 Å². The van der Waals surface area contributed by atoms with Crippen LogP contribution in [-0.4, -0.2) is 47.6 Å². The fourth-order valence-electron chi connectivity index (χ4n) is 4.19. The van der Waals surface area contributed by atoms with Crippen molar-refractivity contribution in [3.8, 4) is 0 Å². The summed E-state index contributed by atoms with van der Waals surface area (Å²) in [6, 6.07) is 2.53. The van der Waals surface area contributed by atoms with E-state index >= 15 is 0 Å². The summed E-state index contributed by atoms with van der Waals surface area (Å²) in [6.07, 6.45) is 5.74. The molecule has 0 bridgehead atoms. The molecule has 3 fully saturated rings. The second-order valence-corrected chi connectivity index (χ2v) is 7.86. The first-order valence-electron chi connectivity index (χ1n) is 7.99. The van der Waals surface area contributed by atoms with Gasteiger partial charge in [-0.2, -0.15) is 0 Å². The minimum atomic E-state index is 0.587. The molecule has 2 heterocycles. The predicted molar refractivity (Wildman–Crippen MR) is 76.7 cm³/mol. The zero-order valence-electron chi connectivity index (χ0n) is 12.7. The number of hydrogen-bond donors (Lipinski definition) is 0. The van der Waals surface area contributed by atoms with E-state index in [0.29, 0.717) is 5.41 Å². The third kappa shape index (κ3) is 2.22. The van der Waals surface area contributed by atoms with Crippen molar-refractivity contribution in [2.75, 3.05) is 19.6 Å². The molecule has 0 spiro atoms. The zero-order chi connectivity index (χ0) is 12.9. The summed E-state index contributed by atoms with van der Waals surface area (Å²) in [6.45, 7) is 13.8. The van der Waals surface area contributed by atoms with Crippen LogP contribution in [-0.2, 0) is 0 Å². The Bertz CT molecular complexity index is 310. The van der Waals surface area contributed by atoms with Gasteiger partial charge in [0.1, 0.15) is 0 Å². The third-order valence-electron chi connectivity index (χ3n) is 5.65. The highest BCUT2D eigenvalue weighted by Crippen LogP contribution is 2.50. The van der Waals surface area contributed by atoms with Crippen LogP contribution in [0.5, 0.6) is 0 Å². The van der Waals surface area contributed by atoms with Crippen LogP contribution < -0.4 is 0 Å². The summed E-state index contributed by atoms with van der Waals surface area (Å²) in [5, 5.41) is 0. The van der Waals surface area contributed by atoms with Crippen LogP contribution in [0.25, 0.3) is 0 Å². The molecule has 0 amide bonds. The van der Waals surface area contributed by atoms with Crippen LogP contribution >= 0.6 is 0 Å². The summed E-state index contributed by atoms with van der Waals surface area (Å²) >= 11 is 0. The van der Waals surface area contributed by atoms with Gasteiger partial charge in [-0.1, -0.05) is 34.1 Å². The Morgan fingerprint density at radius 1 is 1.11 bits per heavy atom. The first kappa shape index (κ1) is 12.9. The molecule has 2 saturated heterocycles. The van der Waals surface area contributed by atoms with Gasteiger partial charge < -0.3 is 0 Å². The van der Waals surface area contributed by atoms with Crippen molar-refractivity contribution in [2.45, 2.75) is 71.5 Å². The summed E-state index contributed by atoms with van der Waals surface area (Å²) in [7, 11) is 0. The highest BCUT2D eigenvalue weighted by Gasteiger charge is 2.53. The summed E-state index contributed by atoms with van der Waals surface area (Å²) in [5.74, 6) is 0.796. The van der Waals surface area contributed by atoms with E-state index in [4.69, 9.17) is 0 Å². The summed E-state index contributed by atoms with van der Waals surface area (Å²) in [4.78, 5) is 5.68. The normalized spacial score (nSPS) is 40.8. The average molecular weight is 250 g/mol. The van der Waals surface area contributed by atoms with Crippen molar-refractivity contribution in [1.29, 1.82) is 0 Å². The van der Waals surface area contributed by atoms with Gasteiger partial charge >= 0.3 is 0 Å². The van der Waals surface area contributed by atoms with Gasteiger partial charge in [0.25, 0.3) is 0 Å². The van der Waals surface area contributed by atoms with Crippen molar-refractivity contribution in [3.05, 3.63) is 0 Å². The SMILES string of the molecule is CC(C)C1CN2CCCCC2CN1C1CC1(C)C. The molecule has 3 aliphatic rings. The molecular weight excluding hydrogens is 220 g/mol. The fourth-order valence-corrected chi connectivity index (χ4v) is 4.19. The van der Waals surface area contributed by atoms with Crippen LogP contribution in [0.3, 0.4) is 0 Å². The van der Waals surface area contributed by atoms with E-state index in [2.05, 4.69) is 37.5 Å². The lowest BCUT2D eigenvalue weighted by atomic mass is 9.91. The maximum absolute atomic E-state index is 2.89. The second kappa shape index (κ2) is 4.49. The second-order valence-electron chi connectivity index (χ2n) is 7.86. The maximum atomic E-state index is 2.89. The van der Waals surface area contributed by atoms with Gasteiger partial charge in [-0.3, -0.25) is 9.80 Å². The van der Waals surface area contributed by atoms with Crippen molar-refractivity contribution >= 4 is 0 Å². The van der Waals surface area contributed by atoms with Crippen molar-refractivity contribution in [2.24, 2.45) is 11.3 Å². The van der Waals surface area contributed by atoms with Crippen molar-refractivity contribution in [3.63, 3.8) is 0 Å². The van der Waals surface area contributed by atoms with Gasteiger partial charge in [0.2, 0.25) is 0 Å². The molecule has 3 unspecified atom stereocenters. The molecule has 2 heteroatoms. The topological polar surface area (TPSA) is 6.48 Å². The lowest BCUT2D eigenvalue weighted by Crippen LogP contribution is -2.61. The molecule has 1 aliphatic carbocycles. The molecule has 0 aromatic rings. The number of hydrogen-bond acceptors (Lipinski definition) is 2. The number of piperazine rings is 1. The fraction of sp³-hybridized carbons (Fsp3) is 1.00. The van der Waals surface area contributed by atoms with Crippen LogP contribution in [0.15, 0.2) is 0 Å². The standard InChI is InChI=1S/C16H30N2/c1-12(2)14-11-17-8-6-5-7-13(17)10-18(14)15-9-16(15,3)4/h12-15H,5-11H2,1-4H3. The van der Waals surface area contributed by atoms with E-state index in [1.54, 1.807) is 0 Å². The maximum Gasteiger partial charge on any atom is 0.0250 e. The van der Waals surface area contributed by atoms with Gasteiger partial charge in [-0.15, -0.1) is 0 Å². The van der Waals surface area contributed by atoms with Crippen molar-refractivity contribution in [1.82, 2.24) is 9.80 Å². The van der Waals surface area contributed by atoms with E-state index in [1.807, 2.05) is 0 Å². The molecule has 3 rings (SSSR count). The molecular formula is C16H30N2. The largest absolute Gasteiger partial charge is 0.298 e. The van der Waals surface area contributed by atoms with Crippen LogP contribution in [0.4, 0.5) is 0 Å². The first-order chi connectivity index (χ1) is 8.49. The Morgan fingerprint density at radius 2 is 1.83 bits per heavy atom. The number of piperidine rings is 1. The van der Waals surface area contributed by atoms with Gasteiger partial charge in [-0.25, -0.2) is 0 Å². The minimum Gasteiger partial charge on any atom is -0.298 e. The van der Waals surface area contributed by atoms with Crippen LogP contribution in [0.1, 0.15) is 53.4 Å². The molecule has 1 saturated carbocycles. The molecule has 2 nitrogen and oxygen atoms in total. The van der Waals surface area contributed by atoms with Crippen molar-refractivity contribution < 1.29 is 0 Å². The average Bonchev–Trinajstić information content (AvgIpc) is 2.96. The van der Waals surface area contributed by atoms with Gasteiger partial charge in [0.15, 0.2) is 0 Å². The molecule has 0 N–H and O–H groups in total. The smallest absolute Gasteiger partial charge is 0.0250 e. The number of fused-ring (bicyclic) bond motifs is 1. The summed E-state index contributed by atoms with van der Waals surface area (Å²) in [5.41, 5.74) is 0.587. The van der Waals surface area contributed by atoms with E-state index in [0.717, 1.165) is 24.0 Å². The zero-order valence-corrected chi connectivity index (χ0v) is 12.7. The van der Waals surface area contributed by atoms with E-state index in [9.17, 15) is 0 Å². The first-order valence-corrected chi connectivity index (χ1v) is 7.99. The molecule has 18 heavy (non-hydrogen) atoms. The Hall–Kier alpha value is -0.0800. The van der Waals surface area contributed by atoms with Crippen LogP contribution in [0, 0.1) is 11.3 Å². The van der Waals surface area contributed by atoms with Gasteiger partial charge in [0, 0.05) is 31.2 Å². The predicted octanol–water partition coefficient (Wildman–Crippen LogP) is 2.98. The highest BCUT2D eigenvalue weighted by molar-refractivity contribution is 5.07. The third-order valence-corrected chi connectivity index (χ3v) is 5.65. The lowest BCUT2D eigenvalue weighted by Gasteiger charge is -2.50. The Morgan fingerprint density at radius 3 is 2.44 bits per heavy atom. The van der Waals surface area contributed by atoms with Crippen LogP contribution in [0.2, 0.25) is 0 Å². The summed E-state index contributed by atoms with van der Waals surface area (Å²) < 4.78 is 0. The molecule has 3 atom stereocenters. The monoisotopic (exact) mass is 250 g/mol. The Labute approximate surface area is 113 Å². The number of rotatable bonds is 2. The highest BCUT2D eigenvalue weighted by atomic mass is 15.3. The lowest BCUT2D eigenvalue weighted by molar-refractivity contribution is -0.0172. The molecule has 0 aromatic heterocycles. The Balaban J connectivity index is 1.74. The molecule has 0 radical (unpaired) electrons. The van der Waals surface area contributed by atoms with Gasteiger partial charge in [0.05, 0.1) is 0 Å².